The minimum Gasteiger partial charge on any atom is -0.482 e. The van der Waals surface area contributed by atoms with Crippen molar-refractivity contribution in [1.82, 2.24) is 5.32 Å². The van der Waals surface area contributed by atoms with Crippen molar-refractivity contribution in [2.45, 2.75) is 25.8 Å². The number of rotatable bonds is 10. The van der Waals surface area contributed by atoms with E-state index in [1.165, 1.54) is 12.1 Å². The van der Waals surface area contributed by atoms with Crippen LogP contribution in [0.3, 0.4) is 0 Å². The largest absolute Gasteiger partial charge is 0.482 e. The molecule has 8 heteroatoms. The maximum absolute atomic E-state index is 12.3. The molecule has 0 spiro atoms. The van der Waals surface area contributed by atoms with Crippen molar-refractivity contribution in [2.24, 2.45) is 0 Å². The zero-order valence-electron chi connectivity index (χ0n) is 16.3. The second kappa shape index (κ2) is 10.8. The van der Waals surface area contributed by atoms with Crippen LogP contribution >= 0.6 is 23.2 Å². The lowest BCUT2D eigenvalue weighted by molar-refractivity contribution is -0.142. The molecule has 0 aromatic heterocycles. The minimum atomic E-state index is -1.16. The predicted octanol–water partition coefficient (Wildman–Crippen LogP) is 4.33. The SMILES string of the molecule is C=C(CC)C(=O)c1ccc(OCC(=O)N[C@@H](Cc2ccccc2)C(=O)O)c(Cl)c1Cl. The molecule has 30 heavy (non-hydrogen) atoms. The van der Waals surface area contributed by atoms with Gasteiger partial charge in [0.2, 0.25) is 0 Å². The van der Waals surface area contributed by atoms with Crippen LogP contribution in [0, 0.1) is 0 Å². The Labute approximate surface area is 184 Å². The third kappa shape index (κ3) is 6.08. The van der Waals surface area contributed by atoms with Crippen molar-refractivity contribution in [3.63, 3.8) is 0 Å². The van der Waals surface area contributed by atoms with Gasteiger partial charge in [0, 0.05) is 12.0 Å². The summed E-state index contributed by atoms with van der Waals surface area (Å²) in [5, 5.41) is 11.8. The highest BCUT2D eigenvalue weighted by molar-refractivity contribution is 6.45. The number of aliphatic carboxylic acids is 1. The maximum Gasteiger partial charge on any atom is 0.326 e. The van der Waals surface area contributed by atoms with Crippen molar-refractivity contribution in [3.05, 3.63) is 75.8 Å². The minimum absolute atomic E-state index is 0.00154. The lowest BCUT2D eigenvalue weighted by Gasteiger charge is -2.16. The first-order valence-corrected chi connectivity index (χ1v) is 9.89. The zero-order valence-corrected chi connectivity index (χ0v) is 17.8. The summed E-state index contributed by atoms with van der Waals surface area (Å²) in [4.78, 5) is 35.9. The van der Waals surface area contributed by atoms with E-state index in [9.17, 15) is 19.5 Å². The number of hydrogen-bond donors (Lipinski definition) is 2. The third-order valence-corrected chi connectivity index (χ3v) is 5.18. The Balaban J connectivity index is 2.02. The highest BCUT2D eigenvalue weighted by atomic mass is 35.5. The molecule has 0 unspecified atom stereocenters. The van der Waals surface area contributed by atoms with Gasteiger partial charge < -0.3 is 15.2 Å². The normalized spacial score (nSPS) is 11.4. The van der Waals surface area contributed by atoms with Crippen LogP contribution in [0.15, 0.2) is 54.6 Å². The summed E-state index contributed by atoms with van der Waals surface area (Å²) >= 11 is 12.3. The van der Waals surface area contributed by atoms with E-state index in [2.05, 4.69) is 11.9 Å². The Morgan fingerprint density at radius 3 is 2.37 bits per heavy atom. The summed E-state index contributed by atoms with van der Waals surface area (Å²) in [6.07, 6.45) is 0.603. The van der Waals surface area contributed by atoms with Crippen LogP contribution < -0.4 is 10.1 Å². The van der Waals surface area contributed by atoms with E-state index >= 15 is 0 Å². The van der Waals surface area contributed by atoms with Crippen LogP contribution in [0.25, 0.3) is 0 Å². The average Bonchev–Trinajstić information content (AvgIpc) is 2.74. The molecule has 0 radical (unpaired) electrons. The molecule has 0 aliphatic heterocycles. The van der Waals surface area contributed by atoms with Gasteiger partial charge in [0.05, 0.1) is 5.02 Å². The molecule has 1 amide bonds. The maximum atomic E-state index is 12.3. The first-order chi connectivity index (χ1) is 14.2. The van der Waals surface area contributed by atoms with Crippen LogP contribution in [0.5, 0.6) is 5.75 Å². The summed E-state index contributed by atoms with van der Waals surface area (Å²) in [6.45, 7) is 5.02. The highest BCUT2D eigenvalue weighted by Gasteiger charge is 2.22. The van der Waals surface area contributed by atoms with Crippen LogP contribution in [-0.2, 0) is 16.0 Å². The molecule has 2 aromatic carbocycles. The molecule has 6 nitrogen and oxygen atoms in total. The molecular weight excluding hydrogens is 429 g/mol. The number of halogens is 2. The van der Waals surface area contributed by atoms with Gasteiger partial charge >= 0.3 is 5.97 Å². The van der Waals surface area contributed by atoms with E-state index in [0.29, 0.717) is 12.0 Å². The number of carboxylic acid groups (broad SMARTS) is 1. The number of carboxylic acids is 1. The molecule has 2 aromatic rings. The Hall–Kier alpha value is -2.83. The quantitative estimate of drug-likeness (QED) is 0.415. The second-order valence-electron chi connectivity index (χ2n) is 6.46. The Morgan fingerprint density at radius 2 is 1.77 bits per heavy atom. The number of ketones is 1. The molecule has 1 atom stereocenters. The van der Waals surface area contributed by atoms with Gasteiger partial charge in [0.1, 0.15) is 16.8 Å². The van der Waals surface area contributed by atoms with Crippen LogP contribution in [0.2, 0.25) is 10.0 Å². The van der Waals surface area contributed by atoms with Crippen molar-refractivity contribution >= 4 is 40.9 Å². The van der Waals surface area contributed by atoms with E-state index in [0.717, 1.165) is 5.56 Å². The average molecular weight is 450 g/mol. The van der Waals surface area contributed by atoms with Gasteiger partial charge in [-0.25, -0.2) is 4.79 Å². The molecule has 0 bridgehead atoms. The predicted molar refractivity (Wildman–Crippen MR) is 115 cm³/mol. The molecule has 0 aliphatic rings. The van der Waals surface area contributed by atoms with E-state index in [4.69, 9.17) is 27.9 Å². The fourth-order valence-electron chi connectivity index (χ4n) is 2.60. The van der Waals surface area contributed by atoms with Gasteiger partial charge in [-0.1, -0.05) is 67.0 Å². The molecule has 2 N–H and O–H groups in total. The monoisotopic (exact) mass is 449 g/mol. The van der Waals surface area contributed by atoms with Gasteiger partial charge in [-0.2, -0.15) is 0 Å². The fourth-order valence-corrected chi connectivity index (χ4v) is 3.06. The smallest absolute Gasteiger partial charge is 0.326 e. The van der Waals surface area contributed by atoms with Crippen molar-refractivity contribution in [3.8, 4) is 5.75 Å². The van der Waals surface area contributed by atoms with Crippen molar-refractivity contribution in [2.75, 3.05) is 6.61 Å². The second-order valence-corrected chi connectivity index (χ2v) is 7.22. The number of amides is 1. The number of hydrogen-bond acceptors (Lipinski definition) is 4. The Bertz CT molecular complexity index is 960. The van der Waals surface area contributed by atoms with E-state index in [1.54, 1.807) is 31.2 Å². The highest BCUT2D eigenvalue weighted by Crippen LogP contribution is 2.35. The molecule has 0 saturated carbocycles. The van der Waals surface area contributed by atoms with Crippen molar-refractivity contribution < 1.29 is 24.2 Å². The molecular formula is C22H21Cl2NO5. The number of Topliss-reactive ketones (excluding diaryl/α,β-unsaturated/α-hetero) is 1. The number of benzene rings is 2. The van der Waals surface area contributed by atoms with Crippen LogP contribution in [0.1, 0.15) is 29.3 Å². The Morgan fingerprint density at radius 1 is 1.10 bits per heavy atom. The zero-order chi connectivity index (χ0) is 22.3. The van der Waals surface area contributed by atoms with E-state index < -0.39 is 24.5 Å². The number of carbonyl (C=O) groups excluding carboxylic acids is 2. The molecule has 0 saturated heterocycles. The summed E-state index contributed by atoms with van der Waals surface area (Å²) in [5.41, 5.74) is 1.35. The van der Waals surface area contributed by atoms with Gasteiger partial charge in [0.15, 0.2) is 12.4 Å². The van der Waals surface area contributed by atoms with Crippen LogP contribution in [0.4, 0.5) is 0 Å². The Kier molecular flexibility index (Phi) is 8.45. The van der Waals surface area contributed by atoms with Gasteiger partial charge in [-0.05, 0) is 29.7 Å². The van der Waals surface area contributed by atoms with E-state index in [-0.39, 0.29) is 33.6 Å². The molecule has 0 aliphatic carbocycles. The number of carbonyl (C=O) groups is 3. The van der Waals surface area contributed by atoms with Crippen LogP contribution in [-0.4, -0.2) is 35.4 Å². The first kappa shape index (κ1) is 23.4. The lowest BCUT2D eigenvalue weighted by atomic mass is 10.0. The summed E-state index contributed by atoms with van der Waals surface area (Å²) in [6, 6.07) is 10.7. The summed E-state index contributed by atoms with van der Waals surface area (Å²) < 4.78 is 5.38. The molecule has 0 heterocycles. The topological polar surface area (TPSA) is 92.7 Å². The van der Waals surface area contributed by atoms with Gasteiger partial charge in [0.25, 0.3) is 5.91 Å². The number of allylic oxidation sites excluding steroid dienone is 1. The van der Waals surface area contributed by atoms with Gasteiger partial charge in [-0.3, -0.25) is 9.59 Å². The lowest BCUT2D eigenvalue weighted by Crippen LogP contribution is -2.44. The molecule has 2 rings (SSSR count). The van der Waals surface area contributed by atoms with Crippen molar-refractivity contribution in [1.29, 1.82) is 0 Å². The number of nitrogens with one attached hydrogen (secondary N) is 1. The van der Waals surface area contributed by atoms with E-state index in [1.807, 2.05) is 6.07 Å². The third-order valence-electron chi connectivity index (χ3n) is 4.31. The molecule has 158 valence electrons. The first-order valence-electron chi connectivity index (χ1n) is 9.14. The summed E-state index contributed by atoms with van der Waals surface area (Å²) in [5.74, 6) is -2.01. The van der Waals surface area contributed by atoms with Gasteiger partial charge in [-0.15, -0.1) is 0 Å². The summed E-state index contributed by atoms with van der Waals surface area (Å²) in [7, 11) is 0. The molecule has 0 fully saturated rings. The fraction of sp³-hybridized carbons (Fsp3) is 0.227. The number of ether oxygens (including phenoxy) is 1. The standard InChI is InChI=1S/C22H21Cl2NO5/c1-3-13(2)21(27)15-9-10-17(20(24)19(15)23)30-12-18(26)25-16(22(28)29)11-14-7-5-4-6-8-14/h4-10,16H,2-3,11-12H2,1H3,(H,25,26)(H,28,29)/t16-/m0/s1.